The van der Waals surface area contributed by atoms with E-state index in [2.05, 4.69) is 34.0 Å². The monoisotopic (exact) mass is 488 g/mol. The summed E-state index contributed by atoms with van der Waals surface area (Å²) < 4.78 is 52.3. The zero-order valence-corrected chi connectivity index (χ0v) is 20.2. The summed E-state index contributed by atoms with van der Waals surface area (Å²) in [5.74, 6) is 0.616. The molecule has 2 aromatic rings. The lowest BCUT2D eigenvalue weighted by Gasteiger charge is -2.39. The third kappa shape index (κ3) is 5.67. The highest BCUT2D eigenvalue weighted by Crippen LogP contribution is 2.44. The summed E-state index contributed by atoms with van der Waals surface area (Å²) >= 11 is 0. The Labute approximate surface area is 203 Å². The predicted molar refractivity (Wildman–Crippen MR) is 131 cm³/mol. The first kappa shape index (κ1) is 25.2. The van der Waals surface area contributed by atoms with Gasteiger partial charge in [-0.05, 0) is 22.6 Å². The van der Waals surface area contributed by atoms with Crippen molar-refractivity contribution in [2.75, 3.05) is 50.2 Å². The molecule has 0 bridgehead atoms. The summed E-state index contributed by atoms with van der Waals surface area (Å²) in [5, 5.41) is 3.12. The van der Waals surface area contributed by atoms with Gasteiger partial charge in [0.25, 0.3) is 0 Å². The Kier molecular flexibility index (Phi) is 7.47. The van der Waals surface area contributed by atoms with Crippen molar-refractivity contribution >= 4 is 17.2 Å². The molecule has 188 valence electrons. The van der Waals surface area contributed by atoms with Crippen molar-refractivity contribution in [1.82, 2.24) is 9.97 Å². The molecule has 0 spiro atoms. The Balaban J connectivity index is 1.61. The van der Waals surface area contributed by atoms with Gasteiger partial charge in [-0.25, -0.2) is 9.97 Å². The largest absolute Gasteiger partial charge is 0.412 e. The number of hydrogen-bond acceptors (Lipinski definition) is 6. The Bertz CT molecular complexity index is 1080. The zero-order valence-electron chi connectivity index (χ0n) is 20.2. The van der Waals surface area contributed by atoms with Crippen LogP contribution in [-0.2, 0) is 9.47 Å². The van der Waals surface area contributed by atoms with Crippen LogP contribution in [0.3, 0.4) is 0 Å². The van der Waals surface area contributed by atoms with Crippen molar-refractivity contribution in [3.63, 3.8) is 0 Å². The van der Waals surface area contributed by atoms with E-state index in [-0.39, 0.29) is 18.9 Å². The number of halogens is 3. The van der Waals surface area contributed by atoms with Gasteiger partial charge in [0.2, 0.25) is 5.95 Å². The molecule has 6 nitrogen and oxygen atoms in total. The highest BCUT2D eigenvalue weighted by atomic mass is 19.4. The van der Waals surface area contributed by atoms with Crippen molar-refractivity contribution in [3.8, 4) is 0 Å². The number of alkyl halides is 3. The van der Waals surface area contributed by atoms with Gasteiger partial charge in [-0.1, -0.05) is 50.3 Å². The number of aromatic nitrogens is 2. The molecule has 1 aromatic carbocycles. The first-order valence-corrected chi connectivity index (χ1v) is 11.7. The van der Waals surface area contributed by atoms with Gasteiger partial charge in [0.1, 0.15) is 5.60 Å². The smallest absolute Gasteiger partial charge is 0.378 e. The zero-order chi connectivity index (χ0) is 25.1. The van der Waals surface area contributed by atoms with Crippen LogP contribution in [0.4, 0.5) is 24.8 Å². The van der Waals surface area contributed by atoms with Crippen LogP contribution >= 0.6 is 0 Å². The molecule has 1 fully saturated rings. The molecule has 1 saturated heterocycles. The summed E-state index contributed by atoms with van der Waals surface area (Å²) in [6.07, 6.45) is 1.35. The molecule has 2 heterocycles. The molecule has 0 saturated carbocycles. The average molecular weight is 489 g/mol. The van der Waals surface area contributed by atoms with Crippen LogP contribution in [0.25, 0.3) is 5.57 Å². The SMILES string of the molecule is COC1(CNc2ncc(N3CCOCC3)cn2)CC(C(F)(F)F)=CC=C1c1cccc(C(C)C)c1. The highest BCUT2D eigenvalue weighted by molar-refractivity contribution is 5.77. The van der Waals surface area contributed by atoms with E-state index in [0.717, 1.165) is 36.0 Å². The molecule has 35 heavy (non-hydrogen) atoms. The molecular formula is C26H31F3N4O2. The first-order chi connectivity index (χ1) is 16.7. The molecule has 1 aliphatic carbocycles. The fourth-order valence-corrected chi connectivity index (χ4v) is 4.45. The van der Waals surface area contributed by atoms with E-state index in [1.165, 1.54) is 13.2 Å². The van der Waals surface area contributed by atoms with Crippen LogP contribution in [0.1, 0.15) is 37.3 Å². The quantitative estimate of drug-likeness (QED) is 0.578. The number of nitrogens with one attached hydrogen (secondary N) is 1. The topological polar surface area (TPSA) is 59.5 Å². The second kappa shape index (κ2) is 10.4. The molecule has 4 rings (SSSR count). The fourth-order valence-electron chi connectivity index (χ4n) is 4.45. The van der Waals surface area contributed by atoms with Gasteiger partial charge < -0.3 is 19.7 Å². The van der Waals surface area contributed by atoms with E-state index in [4.69, 9.17) is 9.47 Å². The van der Waals surface area contributed by atoms with Crippen molar-refractivity contribution in [2.45, 2.75) is 38.0 Å². The predicted octanol–water partition coefficient (Wildman–Crippen LogP) is 5.21. The van der Waals surface area contributed by atoms with Crippen LogP contribution in [0, 0.1) is 0 Å². The summed E-state index contributed by atoms with van der Waals surface area (Å²) in [7, 11) is 1.45. The number of allylic oxidation sites excluding steroid dienone is 2. The lowest BCUT2D eigenvalue weighted by atomic mass is 9.78. The molecule has 0 radical (unpaired) electrons. The molecular weight excluding hydrogens is 457 g/mol. The fraction of sp³-hybridized carbons (Fsp3) is 0.462. The maximum absolute atomic E-state index is 13.7. The van der Waals surface area contributed by atoms with Crippen LogP contribution in [0.5, 0.6) is 0 Å². The van der Waals surface area contributed by atoms with E-state index in [0.29, 0.717) is 24.7 Å². The maximum atomic E-state index is 13.7. The van der Waals surface area contributed by atoms with E-state index in [9.17, 15) is 13.2 Å². The van der Waals surface area contributed by atoms with Gasteiger partial charge in [0.15, 0.2) is 0 Å². The van der Waals surface area contributed by atoms with Crippen LogP contribution in [0.15, 0.2) is 54.4 Å². The van der Waals surface area contributed by atoms with E-state index in [1.807, 2.05) is 24.3 Å². The van der Waals surface area contributed by atoms with E-state index < -0.39 is 17.4 Å². The number of benzene rings is 1. The third-order valence-electron chi connectivity index (χ3n) is 6.58. The Hall–Kier alpha value is -2.91. The van der Waals surface area contributed by atoms with Crippen LogP contribution in [0.2, 0.25) is 0 Å². The number of morpholine rings is 1. The number of ether oxygens (including phenoxy) is 2. The summed E-state index contributed by atoms with van der Waals surface area (Å²) in [6, 6.07) is 7.87. The van der Waals surface area contributed by atoms with E-state index >= 15 is 0 Å². The van der Waals surface area contributed by atoms with Crippen LogP contribution in [-0.4, -0.2) is 61.7 Å². The van der Waals surface area contributed by atoms with Gasteiger partial charge in [-0.2, -0.15) is 13.2 Å². The Morgan fingerprint density at radius 2 is 1.86 bits per heavy atom. The Morgan fingerprint density at radius 3 is 2.49 bits per heavy atom. The van der Waals surface area contributed by atoms with Crippen molar-refractivity contribution in [1.29, 1.82) is 0 Å². The normalized spacial score (nSPS) is 21.1. The van der Waals surface area contributed by atoms with Gasteiger partial charge in [0, 0.05) is 32.2 Å². The highest BCUT2D eigenvalue weighted by Gasteiger charge is 2.45. The van der Waals surface area contributed by atoms with Crippen LogP contribution < -0.4 is 10.2 Å². The average Bonchev–Trinajstić information content (AvgIpc) is 2.87. The van der Waals surface area contributed by atoms with Gasteiger partial charge in [-0.3, -0.25) is 0 Å². The van der Waals surface area contributed by atoms with Gasteiger partial charge in [0.05, 0.1) is 37.8 Å². The van der Waals surface area contributed by atoms with E-state index in [1.54, 1.807) is 12.4 Å². The first-order valence-electron chi connectivity index (χ1n) is 11.7. The minimum atomic E-state index is -4.44. The second-order valence-electron chi connectivity index (χ2n) is 9.14. The molecule has 1 aromatic heterocycles. The lowest BCUT2D eigenvalue weighted by Crippen LogP contribution is -2.44. The van der Waals surface area contributed by atoms with Gasteiger partial charge >= 0.3 is 6.18 Å². The van der Waals surface area contributed by atoms with Crippen molar-refractivity contribution in [2.24, 2.45) is 0 Å². The molecule has 1 N–H and O–H groups in total. The standard InChI is InChI=1S/C26H31F3N4O2/c1-18(2)19-5-4-6-20(13-19)23-8-7-21(26(27,28)29)14-25(23,34-3)17-32-24-30-15-22(16-31-24)33-9-11-35-12-10-33/h4-8,13,15-16,18H,9-12,14,17H2,1-3H3,(H,30,31,32). The minimum Gasteiger partial charge on any atom is -0.378 e. The van der Waals surface area contributed by atoms with Gasteiger partial charge in [-0.15, -0.1) is 0 Å². The van der Waals surface area contributed by atoms with Crippen molar-refractivity contribution in [3.05, 3.63) is 65.5 Å². The number of rotatable bonds is 7. The minimum absolute atomic E-state index is 0.0750. The number of methoxy groups -OCH3 is 1. The third-order valence-corrected chi connectivity index (χ3v) is 6.58. The summed E-state index contributed by atoms with van der Waals surface area (Å²) in [4.78, 5) is 10.9. The molecule has 1 aliphatic heterocycles. The number of hydrogen-bond donors (Lipinski definition) is 1. The summed E-state index contributed by atoms with van der Waals surface area (Å²) in [6.45, 7) is 7.07. The summed E-state index contributed by atoms with van der Waals surface area (Å²) in [5.41, 5.74) is 1.63. The lowest BCUT2D eigenvalue weighted by molar-refractivity contribution is -0.101. The maximum Gasteiger partial charge on any atom is 0.412 e. The van der Waals surface area contributed by atoms with Crippen molar-refractivity contribution < 1.29 is 22.6 Å². The number of nitrogens with zero attached hydrogens (tertiary/aromatic N) is 3. The molecule has 9 heteroatoms. The molecule has 0 amide bonds. The molecule has 1 unspecified atom stereocenters. The Morgan fingerprint density at radius 1 is 1.14 bits per heavy atom. The molecule has 1 atom stereocenters. The molecule has 2 aliphatic rings. The second-order valence-corrected chi connectivity index (χ2v) is 9.14. The number of anilines is 2.